The van der Waals surface area contributed by atoms with Crippen LogP contribution in [0.3, 0.4) is 0 Å². The zero-order valence-electron chi connectivity index (χ0n) is 16.7. The van der Waals surface area contributed by atoms with Crippen molar-refractivity contribution in [1.29, 1.82) is 5.26 Å². The Morgan fingerprint density at radius 1 is 0.968 bits per heavy atom. The van der Waals surface area contributed by atoms with Crippen LogP contribution in [0.2, 0.25) is 0 Å². The topological polar surface area (TPSA) is 91.2 Å². The van der Waals surface area contributed by atoms with E-state index in [0.717, 1.165) is 9.79 Å². The Balaban J connectivity index is 1.70. The minimum absolute atomic E-state index is 0.0865. The van der Waals surface area contributed by atoms with Crippen LogP contribution >= 0.6 is 11.8 Å². The summed E-state index contributed by atoms with van der Waals surface area (Å²) in [6.07, 6.45) is 1.33. The molecule has 0 fully saturated rings. The van der Waals surface area contributed by atoms with Gasteiger partial charge >= 0.3 is 5.97 Å². The number of rotatable bonds is 7. The van der Waals surface area contributed by atoms with E-state index in [0.29, 0.717) is 16.9 Å². The molecule has 0 aliphatic rings. The molecule has 6 nitrogen and oxygen atoms in total. The predicted octanol–water partition coefficient (Wildman–Crippen LogP) is 5.08. The third kappa shape index (κ3) is 5.98. The van der Waals surface area contributed by atoms with Gasteiger partial charge in [0, 0.05) is 21.7 Å². The highest BCUT2D eigenvalue weighted by molar-refractivity contribution is 7.99. The Hall–Kier alpha value is -4.02. The van der Waals surface area contributed by atoms with Crippen LogP contribution in [0.5, 0.6) is 0 Å². The number of nitrogens with zero attached hydrogens (tertiary/aromatic N) is 1. The monoisotopic (exact) mass is 429 g/mol. The average molecular weight is 430 g/mol. The van der Waals surface area contributed by atoms with Gasteiger partial charge in [-0.3, -0.25) is 4.79 Å². The number of carbonyl (C=O) groups excluding carboxylic acids is 2. The number of hydrogen-bond donors (Lipinski definition) is 2. The van der Waals surface area contributed by atoms with Gasteiger partial charge in [0.25, 0.3) is 5.91 Å². The van der Waals surface area contributed by atoms with Crippen molar-refractivity contribution in [3.63, 3.8) is 0 Å². The third-order valence-corrected chi connectivity index (χ3v) is 5.24. The molecule has 0 spiro atoms. The van der Waals surface area contributed by atoms with Crippen LogP contribution < -0.4 is 10.6 Å². The van der Waals surface area contributed by atoms with Crippen molar-refractivity contribution in [2.75, 3.05) is 17.7 Å². The second kappa shape index (κ2) is 10.7. The molecule has 0 atom stereocenters. The Labute approximate surface area is 184 Å². The van der Waals surface area contributed by atoms with Crippen LogP contribution in [-0.2, 0) is 9.53 Å². The van der Waals surface area contributed by atoms with E-state index in [-0.39, 0.29) is 5.57 Å². The summed E-state index contributed by atoms with van der Waals surface area (Å²) in [5.74, 6) is -0.964. The predicted molar refractivity (Wildman–Crippen MR) is 121 cm³/mol. The molecule has 0 saturated carbocycles. The summed E-state index contributed by atoms with van der Waals surface area (Å²) in [6, 6.07) is 25.6. The van der Waals surface area contributed by atoms with Crippen LogP contribution in [0.1, 0.15) is 10.4 Å². The van der Waals surface area contributed by atoms with E-state index in [1.165, 1.54) is 25.1 Å². The Morgan fingerprint density at radius 2 is 1.65 bits per heavy atom. The average Bonchev–Trinajstić information content (AvgIpc) is 2.81. The highest BCUT2D eigenvalue weighted by Gasteiger charge is 2.12. The van der Waals surface area contributed by atoms with Gasteiger partial charge in [-0.05, 0) is 48.5 Å². The zero-order chi connectivity index (χ0) is 22.1. The lowest BCUT2D eigenvalue weighted by Gasteiger charge is -2.10. The van der Waals surface area contributed by atoms with Crippen LogP contribution in [0.15, 0.2) is 100 Å². The number of nitrogens with one attached hydrogen (secondary N) is 2. The Morgan fingerprint density at radius 3 is 2.32 bits per heavy atom. The summed E-state index contributed by atoms with van der Waals surface area (Å²) in [7, 11) is 1.31. The van der Waals surface area contributed by atoms with E-state index < -0.39 is 11.9 Å². The fourth-order valence-corrected chi connectivity index (χ4v) is 3.51. The van der Waals surface area contributed by atoms with Crippen LogP contribution in [0.25, 0.3) is 0 Å². The molecule has 1 amide bonds. The van der Waals surface area contributed by atoms with Crippen molar-refractivity contribution in [3.8, 4) is 6.07 Å². The maximum Gasteiger partial charge on any atom is 0.337 e. The van der Waals surface area contributed by atoms with Crippen molar-refractivity contribution in [2.24, 2.45) is 0 Å². The number of amides is 1. The molecule has 0 bridgehead atoms. The summed E-state index contributed by atoms with van der Waals surface area (Å²) in [4.78, 5) is 26.0. The molecule has 7 heteroatoms. The molecule has 0 unspecified atom stereocenters. The quantitative estimate of drug-likeness (QED) is 0.309. The number of methoxy groups -OCH3 is 1. The number of nitriles is 1. The molecule has 3 aromatic carbocycles. The molecular weight excluding hydrogens is 410 g/mol. The van der Waals surface area contributed by atoms with E-state index in [1.54, 1.807) is 30.3 Å². The van der Waals surface area contributed by atoms with Crippen molar-refractivity contribution in [2.45, 2.75) is 9.79 Å². The SMILES string of the molecule is COC(=O)c1ccc(N/C=C(/C#N)C(=O)Nc2ccccc2Sc2ccccc2)cc1. The molecule has 0 aliphatic heterocycles. The Kier molecular flexibility index (Phi) is 7.46. The van der Waals surface area contributed by atoms with Crippen molar-refractivity contribution < 1.29 is 14.3 Å². The van der Waals surface area contributed by atoms with Crippen LogP contribution in [0, 0.1) is 11.3 Å². The highest BCUT2D eigenvalue weighted by Crippen LogP contribution is 2.33. The van der Waals surface area contributed by atoms with Crippen LogP contribution in [0.4, 0.5) is 11.4 Å². The van der Waals surface area contributed by atoms with E-state index in [2.05, 4.69) is 15.4 Å². The minimum Gasteiger partial charge on any atom is -0.465 e. The summed E-state index contributed by atoms with van der Waals surface area (Å²) in [5, 5.41) is 15.1. The van der Waals surface area contributed by atoms with Gasteiger partial charge in [-0.25, -0.2) is 4.79 Å². The van der Waals surface area contributed by atoms with E-state index >= 15 is 0 Å². The van der Waals surface area contributed by atoms with Gasteiger partial charge in [-0.2, -0.15) is 5.26 Å². The highest BCUT2D eigenvalue weighted by atomic mass is 32.2. The van der Waals surface area contributed by atoms with Gasteiger partial charge < -0.3 is 15.4 Å². The van der Waals surface area contributed by atoms with E-state index in [9.17, 15) is 14.9 Å². The van der Waals surface area contributed by atoms with E-state index in [1.807, 2.05) is 54.6 Å². The van der Waals surface area contributed by atoms with Crippen molar-refractivity contribution in [3.05, 3.63) is 96.2 Å². The standard InChI is InChI=1S/C24H19N3O3S/c1-30-24(29)17-11-13-19(14-12-17)26-16-18(15-25)23(28)27-21-9-5-6-10-22(21)31-20-7-3-2-4-8-20/h2-14,16,26H,1H3,(H,27,28)/b18-16-. The lowest BCUT2D eigenvalue weighted by atomic mass is 10.2. The first kappa shape index (κ1) is 21.7. The molecule has 0 saturated heterocycles. The largest absolute Gasteiger partial charge is 0.465 e. The number of anilines is 2. The normalized spacial score (nSPS) is 10.6. The number of para-hydroxylation sites is 1. The molecule has 0 aliphatic carbocycles. The first-order valence-electron chi connectivity index (χ1n) is 9.29. The third-order valence-electron chi connectivity index (χ3n) is 4.16. The smallest absolute Gasteiger partial charge is 0.337 e. The zero-order valence-corrected chi connectivity index (χ0v) is 17.5. The molecule has 0 aromatic heterocycles. The molecule has 2 N–H and O–H groups in total. The molecule has 3 rings (SSSR count). The van der Waals surface area contributed by atoms with Gasteiger partial charge in [-0.1, -0.05) is 42.1 Å². The first-order chi connectivity index (χ1) is 15.1. The molecule has 3 aromatic rings. The van der Waals surface area contributed by atoms with Gasteiger partial charge in [0.15, 0.2) is 0 Å². The number of benzene rings is 3. The fraction of sp³-hybridized carbons (Fsp3) is 0.0417. The van der Waals surface area contributed by atoms with E-state index in [4.69, 9.17) is 0 Å². The summed E-state index contributed by atoms with van der Waals surface area (Å²) in [5.41, 5.74) is 1.55. The molecule has 0 heterocycles. The second-order valence-corrected chi connectivity index (χ2v) is 7.36. The second-order valence-electron chi connectivity index (χ2n) is 6.25. The molecule has 154 valence electrons. The summed E-state index contributed by atoms with van der Waals surface area (Å²) in [6.45, 7) is 0. The van der Waals surface area contributed by atoms with Crippen LogP contribution in [-0.4, -0.2) is 19.0 Å². The van der Waals surface area contributed by atoms with Gasteiger partial charge in [-0.15, -0.1) is 0 Å². The molecular formula is C24H19N3O3S. The maximum atomic E-state index is 12.6. The fourth-order valence-electron chi connectivity index (χ4n) is 2.59. The maximum absolute atomic E-state index is 12.6. The molecule has 31 heavy (non-hydrogen) atoms. The number of esters is 1. The first-order valence-corrected chi connectivity index (χ1v) is 10.1. The lowest BCUT2D eigenvalue weighted by molar-refractivity contribution is -0.112. The number of hydrogen-bond acceptors (Lipinski definition) is 6. The van der Waals surface area contributed by atoms with Crippen molar-refractivity contribution in [1.82, 2.24) is 0 Å². The molecule has 0 radical (unpaired) electrons. The van der Waals surface area contributed by atoms with Crippen molar-refractivity contribution >= 4 is 35.0 Å². The Bertz CT molecular complexity index is 1140. The summed E-state index contributed by atoms with van der Waals surface area (Å²) < 4.78 is 4.66. The number of carbonyl (C=O) groups is 2. The van der Waals surface area contributed by atoms with Gasteiger partial charge in [0.1, 0.15) is 11.6 Å². The van der Waals surface area contributed by atoms with Gasteiger partial charge in [0.2, 0.25) is 0 Å². The lowest BCUT2D eigenvalue weighted by Crippen LogP contribution is -2.15. The van der Waals surface area contributed by atoms with Gasteiger partial charge in [0.05, 0.1) is 18.4 Å². The summed E-state index contributed by atoms with van der Waals surface area (Å²) >= 11 is 1.52. The number of ether oxygens (including phenoxy) is 1. The minimum atomic E-state index is -0.526.